The van der Waals surface area contributed by atoms with E-state index in [0.29, 0.717) is 17.6 Å². The fourth-order valence-electron chi connectivity index (χ4n) is 6.76. The van der Waals surface area contributed by atoms with Gasteiger partial charge in [0, 0.05) is 5.56 Å². The Hall–Kier alpha value is -1.90. The molecule has 3 heteroatoms. The topological polar surface area (TPSA) is 9.23 Å². The highest BCUT2D eigenvalue weighted by atomic mass is 19.2. The minimum atomic E-state index is -0.875. The second-order valence-corrected chi connectivity index (χ2v) is 11.7. The number of fused-ring (bicyclic) bond motifs is 3. The first-order valence-corrected chi connectivity index (χ1v) is 14.7. The lowest BCUT2D eigenvalue weighted by molar-refractivity contribution is 0.0305. The predicted octanol–water partition coefficient (Wildman–Crippen LogP) is 10.5. The van der Waals surface area contributed by atoms with E-state index < -0.39 is 11.6 Å². The molecule has 2 aromatic rings. The molecule has 1 nitrogen and oxygen atoms in total. The Morgan fingerprint density at radius 2 is 1.28 bits per heavy atom. The van der Waals surface area contributed by atoms with Crippen LogP contribution in [-0.4, -0.2) is 6.61 Å². The van der Waals surface area contributed by atoms with Crippen LogP contribution in [0.1, 0.15) is 122 Å². The zero-order valence-corrected chi connectivity index (χ0v) is 22.6. The summed E-state index contributed by atoms with van der Waals surface area (Å²) in [5.41, 5.74) is 3.30. The van der Waals surface area contributed by atoms with Crippen molar-refractivity contribution in [2.45, 2.75) is 122 Å². The maximum atomic E-state index is 15.0. The number of halogens is 2. The van der Waals surface area contributed by atoms with Crippen molar-refractivity contribution in [3.05, 3.63) is 53.6 Å². The number of hydrogen-bond acceptors (Lipinski definition) is 1. The third-order valence-electron chi connectivity index (χ3n) is 9.32. The molecule has 0 heterocycles. The van der Waals surface area contributed by atoms with Gasteiger partial charge in [0.2, 0.25) is 5.82 Å². The standard InChI is InChI=1S/C33H46F2O/c1-3-5-7-8-9-11-25-36-29-17-16-28(30(34)31(29)35)26-12-14-27(15-13-26)33-22-19-32(20-23-33,21-24-33)18-10-6-4-2/h12-17H,3-11,18-25H2,1-2H3. The van der Waals surface area contributed by atoms with E-state index >= 15 is 0 Å². The molecule has 0 aliphatic heterocycles. The van der Waals surface area contributed by atoms with Gasteiger partial charge in [-0.1, -0.05) is 89.5 Å². The lowest BCUT2D eigenvalue weighted by Gasteiger charge is -2.54. The second kappa shape index (κ2) is 12.6. The third-order valence-corrected chi connectivity index (χ3v) is 9.32. The summed E-state index contributed by atoms with van der Waals surface area (Å²) in [6, 6.07) is 11.6. The molecule has 36 heavy (non-hydrogen) atoms. The zero-order valence-electron chi connectivity index (χ0n) is 22.6. The molecule has 0 aromatic heterocycles. The van der Waals surface area contributed by atoms with Crippen LogP contribution in [0.5, 0.6) is 5.75 Å². The minimum absolute atomic E-state index is 0.0205. The third kappa shape index (κ3) is 6.14. The van der Waals surface area contributed by atoms with Gasteiger partial charge in [-0.3, -0.25) is 0 Å². The molecular weight excluding hydrogens is 450 g/mol. The highest BCUT2D eigenvalue weighted by Gasteiger charge is 2.48. The minimum Gasteiger partial charge on any atom is -0.490 e. The molecule has 3 aliphatic rings. The van der Waals surface area contributed by atoms with Gasteiger partial charge in [-0.15, -0.1) is 0 Å². The highest BCUT2D eigenvalue weighted by Crippen LogP contribution is 2.59. The molecule has 0 saturated heterocycles. The molecule has 0 spiro atoms. The molecule has 3 fully saturated rings. The molecular formula is C33H46F2O. The van der Waals surface area contributed by atoms with Crippen molar-refractivity contribution >= 4 is 0 Å². The summed E-state index contributed by atoms with van der Waals surface area (Å²) in [6.45, 7) is 4.91. The maximum Gasteiger partial charge on any atom is 0.201 e. The summed E-state index contributed by atoms with van der Waals surface area (Å²) in [4.78, 5) is 0. The Balaban J connectivity index is 1.35. The van der Waals surface area contributed by atoms with E-state index in [2.05, 4.69) is 26.0 Å². The van der Waals surface area contributed by atoms with E-state index in [-0.39, 0.29) is 11.2 Å². The fraction of sp³-hybridized carbons (Fsp3) is 0.636. The molecule has 0 unspecified atom stereocenters. The van der Waals surface area contributed by atoms with Crippen LogP contribution < -0.4 is 4.74 Å². The molecule has 5 rings (SSSR count). The van der Waals surface area contributed by atoms with Gasteiger partial charge in [-0.25, -0.2) is 4.39 Å². The summed E-state index contributed by atoms with van der Waals surface area (Å²) < 4.78 is 35.3. The first-order chi connectivity index (χ1) is 17.5. The number of benzene rings is 2. The molecule has 2 aromatic carbocycles. The summed E-state index contributed by atoms with van der Waals surface area (Å²) in [6.07, 6.45) is 20.1. The number of rotatable bonds is 14. The first kappa shape index (κ1) is 27.1. The summed E-state index contributed by atoms with van der Waals surface area (Å²) in [7, 11) is 0. The van der Waals surface area contributed by atoms with E-state index in [0.717, 1.165) is 18.4 Å². The fourth-order valence-corrected chi connectivity index (χ4v) is 6.76. The van der Waals surface area contributed by atoms with E-state index in [9.17, 15) is 8.78 Å². The average Bonchev–Trinajstić information content (AvgIpc) is 2.92. The Kier molecular flexibility index (Phi) is 9.47. The van der Waals surface area contributed by atoms with Crippen molar-refractivity contribution in [2.75, 3.05) is 6.61 Å². The Labute approximate surface area is 218 Å². The van der Waals surface area contributed by atoms with E-state index in [1.54, 1.807) is 12.1 Å². The Bertz CT molecular complexity index is 940. The van der Waals surface area contributed by atoms with Crippen LogP contribution in [0.3, 0.4) is 0 Å². The van der Waals surface area contributed by atoms with Crippen LogP contribution in [0.4, 0.5) is 8.78 Å². The van der Waals surface area contributed by atoms with Gasteiger partial charge in [0.1, 0.15) is 0 Å². The molecule has 2 bridgehead atoms. The summed E-state index contributed by atoms with van der Waals surface area (Å²) in [5, 5.41) is 0. The van der Waals surface area contributed by atoms with Crippen LogP contribution in [0.15, 0.2) is 36.4 Å². The lowest BCUT2D eigenvalue weighted by Crippen LogP contribution is -2.44. The summed E-state index contributed by atoms with van der Waals surface area (Å²) in [5.74, 6) is -1.67. The van der Waals surface area contributed by atoms with Gasteiger partial charge < -0.3 is 4.74 Å². The molecule has 198 valence electrons. The maximum absolute atomic E-state index is 15.0. The van der Waals surface area contributed by atoms with Crippen molar-refractivity contribution in [2.24, 2.45) is 5.41 Å². The van der Waals surface area contributed by atoms with Gasteiger partial charge in [-0.05, 0) is 85.5 Å². The smallest absolute Gasteiger partial charge is 0.201 e. The van der Waals surface area contributed by atoms with E-state index in [4.69, 9.17) is 4.74 Å². The number of unbranched alkanes of at least 4 members (excludes halogenated alkanes) is 7. The van der Waals surface area contributed by atoms with Crippen LogP contribution in [0.25, 0.3) is 11.1 Å². The Morgan fingerprint density at radius 1 is 0.667 bits per heavy atom. The van der Waals surface area contributed by atoms with Crippen LogP contribution in [0.2, 0.25) is 0 Å². The normalized spacial score (nSPS) is 23.2. The van der Waals surface area contributed by atoms with Gasteiger partial charge in [0.05, 0.1) is 6.61 Å². The van der Waals surface area contributed by atoms with Crippen molar-refractivity contribution in [1.29, 1.82) is 0 Å². The van der Waals surface area contributed by atoms with E-state index in [1.807, 2.05) is 12.1 Å². The lowest BCUT2D eigenvalue weighted by atomic mass is 9.51. The van der Waals surface area contributed by atoms with Crippen LogP contribution in [-0.2, 0) is 5.41 Å². The van der Waals surface area contributed by atoms with Crippen LogP contribution in [0, 0.1) is 17.0 Å². The highest BCUT2D eigenvalue weighted by molar-refractivity contribution is 5.66. The molecule has 0 radical (unpaired) electrons. The van der Waals surface area contributed by atoms with Gasteiger partial charge >= 0.3 is 0 Å². The van der Waals surface area contributed by atoms with Crippen molar-refractivity contribution in [3.63, 3.8) is 0 Å². The molecule has 0 N–H and O–H groups in total. The SMILES string of the molecule is CCCCCCCCOc1ccc(-c2ccc(C34CCC(CCCCC)(CC3)CC4)cc2)c(F)c1F. The Morgan fingerprint density at radius 3 is 1.94 bits per heavy atom. The largest absolute Gasteiger partial charge is 0.490 e. The second-order valence-electron chi connectivity index (χ2n) is 11.7. The quantitative estimate of drug-likeness (QED) is 0.236. The van der Waals surface area contributed by atoms with Crippen molar-refractivity contribution < 1.29 is 13.5 Å². The molecule has 0 amide bonds. The van der Waals surface area contributed by atoms with Gasteiger partial charge in [-0.2, -0.15) is 4.39 Å². The van der Waals surface area contributed by atoms with Gasteiger partial charge in [0.15, 0.2) is 11.6 Å². The first-order valence-electron chi connectivity index (χ1n) is 14.7. The van der Waals surface area contributed by atoms with E-state index in [1.165, 1.54) is 95.5 Å². The van der Waals surface area contributed by atoms with Crippen molar-refractivity contribution in [1.82, 2.24) is 0 Å². The summed E-state index contributed by atoms with van der Waals surface area (Å²) >= 11 is 0. The predicted molar refractivity (Wildman–Crippen MR) is 147 cm³/mol. The molecule has 3 aliphatic carbocycles. The monoisotopic (exact) mass is 496 g/mol. The molecule has 3 saturated carbocycles. The molecule has 0 atom stereocenters. The zero-order chi connectivity index (χ0) is 25.4. The van der Waals surface area contributed by atoms with Crippen LogP contribution >= 0.6 is 0 Å². The number of hydrogen-bond donors (Lipinski definition) is 0. The average molecular weight is 497 g/mol. The number of ether oxygens (including phenoxy) is 1. The van der Waals surface area contributed by atoms with Gasteiger partial charge in [0.25, 0.3) is 0 Å². The van der Waals surface area contributed by atoms with Crippen molar-refractivity contribution in [3.8, 4) is 16.9 Å².